The molecule has 0 bridgehead atoms. The van der Waals surface area contributed by atoms with E-state index in [1.54, 1.807) is 35.2 Å². The lowest BCUT2D eigenvalue weighted by molar-refractivity contribution is -0.145. The van der Waals surface area contributed by atoms with Crippen molar-refractivity contribution in [3.63, 3.8) is 0 Å². The minimum Gasteiger partial charge on any atom is -0.467 e. The van der Waals surface area contributed by atoms with Crippen molar-refractivity contribution in [1.82, 2.24) is 15.2 Å². The molecule has 1 saturated heterocycles. The van der Waals surface area contributed by atoms with Crippen LogP contribution >= 0.6 is 11.3 Å². The molecule has 2 amide bonds. The van der Waals surface area contributed by atoms with Crippen LogP contribution in [0.2, 0.25) is 0 Å². The number of sulfone groups is 1. The fourth-order valence-corrected chi connectivity index (χ4v) is 6.23. The normalized spacial score (nSPS) is 16.0. The number of amides is 2. The molecule has 12 heteroatoms. The molecule has 3 rings (SSSR count). The first kappa shape index (κ1) is 28.7. The van der Waals surface area contributed by atoms with Crippen molar-refractivity contribution < 1.29 is 32.3 Å². The third-order valence-electron chi connectivity index (χ3n) is 6.41. The molecule has 202 valence electrons. The van der Waals surface area contributed by atoms with Gasteiger partial charge in [0.2, 0.25) is 11.8 Å². The molecule has 2 heterocycles. The Morgan fingerprint density at radius 2 is 1.84 bits per heavy atom. The highest BCUT2D eigenvalue weighted by Gasteiger charge is 2.46. The van der Waals surface area contributed by atoms with Crippen LogP contribution in [-0.2, 0) is 46.5 Å². The molecule has 1 N–H and O–H groups in total. The SMILES string of the molecule is COC(=O)C(Cc1cscn1)NC(=O)[C@H](Cc1ccccc1)CS(=O)(=O)C(C)(C)C(=O)N1CCOCC1. The Morgan fingerprint density at radius 3 is 2.43 bits per heavy atom. The smallest absolute Gasteiger partial charge is 0.328 e. The molecule has 1 aliphatic heterocycles. The summed E-state index contributed by atoms with van der Waals surface area (Å²) in [7, 11) is -2.89. The maximum Gasteiger partial charge on any atom is 0.328 e. The van der Waals surface area contributed by atoms with Gasteiger partial charge in [-0.25, -0.2) is 18.2 Å². The molecule has 37 heavy (non-hydrogen) atoms. The monoisotopic (exact) mass is 551 g/mol. The highest BCUT2D eigenvalue weighted by molar-refractivity contribution is 7.93. The van der Waals surface area contributed by atoms with E-state index in [9.17, 15) is 22.8 Å². The highest BCUT2D eigenvalue weighted by Crippen LogP contribution is 2.25. The van der Waals surface area contributed by atoms with E-state index in [-0.39, 0.29) is 12.8 Å². The summed E-state index contributed by atoms with van der Waals surface area (Å²) in [5.41, 5.74) is 2.97. The van der Waals surface area contributed by atoms with Gasteiger partial charge in [-0.15, -0.1) is 11.3 Å². The summed E-state index contributed by atoms with van der Waals surface area (Å²) in [5, 5.41) is 4.43. The minimum absolute atomic E-state index is 0.105. The zero-order valence-corrected chi connectivity index (χ0v) is 22.8. The first-order valence-electron chi connectivity index (χ1n) is 11.9. The van der Waals surface area contributed by atoms with Crippen LogP contribution in [0, 0.1) is 5.92 Å². The second-order valence-corrected chi connectivity index (χ2v) is 12.7. The molecule has 2 atom stereocenters. The fraction of sp³-hybridized carbons (Fsp3) is 0.520. The quantitative estimate of drug-likeness (QED) is 0.413. The van der Waals surface area contributed by atoms with E-state index in [1.807, 2.05) is 6.07 Å². The van der Waals surface area contributed by atoms with E-state index in [2.05, 4.69) is 10.3 Å². The molecule has 0 spiro atoms. The number of aromatic nitrogens is 1. The Balaban J connectivity index is 1.84. The van der Waals surface area contributed by atoms with Gasteiger partial charge in [-0.1, -0.05) is 30.3 Å². The lowest BCUT2D eigenvalue weighted by Gasteiger charge is -2.34. The number of hydrogen-bond donors (Lipinski definition) is 1. The predicted octanol–water partition coefficient (Wildman–Crippen LogP) is 1.25. The lowest BCUT2D eigenvalue weighted by atomic mass is 9.99. The van der Waals surface area contributed by atoms with Crippen LogP contribution in [-0.4, -0.2) is 86.0 Å². The third kappa shape index (κ3) is 7.36. The topological polar surface area (TPSA) is 132 Å². The average molecular weight is 552 g/mol. The van der Waals surface area contributed by atoms with Gasteiger partial charge in [0.05, 0.1) is 43.2 Å². The van der Waals surface area contributed by atoms with Gasteiger partial charge in [-0.2, -0.15) is 0 Å². The Morgan fingerprint density at radius 1 is 1.16 bits per heavy atom. The molecule has 0 radical (unpaired) electrons. The van der Waals surface area contributed by atoms with Gasteiger partial charge < -0.3 is 19.7 Å². The van der Waals surface area contributed by atoms with Crippen LogP contribution in [0.4, 0.5) is 0 Å². The zero-order valence-electron chi connectivity index (χ0n) is 21.2. The molecule has 1 unspecified atom stereocenters. The van der Waals surface area contributed by atoms with Crippen molar-refractivity contribution >= 4 is 39.0 Å². The van der Waals surface area contributed by atoms with Crippen molar-refractivity contribution in [2.24, 2.45) is 5.92 Å². The van der Waals surface area contributed by atoms with E-state index in [0.29, 0.717) is 32.0 Å². The second-order valence-electron chi connectivity index (χ2n) is 9.35. The molecule has 10 nitrogen and oxygen atoms in total. The number of nitrogens with one attached hydrogen (secondary N) is 1. The number of rotatable bonds is 11. The van der Waals surface area contributed by atoms with Crippen LogP contribution in [0.3, 0.4) is 0 Å². The van der Waals surface area contributed by atoms with Gasteiger partial charge in [0.15, 0.2) is 9.84 Å². The Hall–Kier alpha value is -2.83. The number of benzene rings is 1. The lowest BCUT2D eigenvalue weighted by Crippen LogP contribution is -2.55. The molecular formula is C25H33N3O7S2. The fourth-order valence-electron chi connectivity index (χ4n) is 4.05. The first-order chi connectivity index (χ1) is 17.5. The molecule has 1 aromatic heterocycles. The highest BCUT2D eigenvalue weighted by atomic mass is 32.2. The molecule has 0 saturated carbocycles. The van der Waals surface area contributed by atoms with Crippen molar-refractivity contribution in [1.29, 1.82) is 0 Å². The largest absolute Gasteiger partial charge is 0.467 e. The molecule has 2 aromatic rings. The van der Waals surface area contributed by atoms with Crippen molar-refractivity contribution in [3.05, 3.63) is 52.5 Å². The predicted molar refractivity (Wildman–Crippen MR) is 139 cm³/mol. The Kier molecular flexibility index (Phi) is 9.80. The maximum atomic E-state index is 13.6. The van der Waals surface area contributed by atoms with E-state index < -0.39 is 50.1 Å². The number of thiazole rings is 1. The summed E-state index contributed by atoms with van der Waals surface area (Å²) >= 11 is 1.35. The summed E-state index contributed by atoms with van der Waals surface area (Å²) in [6.07, 6.45) is 0.214. The average Bonchev–Trinajstić information content (AvgIpc) is 3.41. The second kappa shape index (κ2) is 12.6. The maximum absolute atomic E-state index is 13.6. The molecule has 1 fully saturated rings. The number of carbonyl (C=O) groups excluding carboxylic acids is 3. The number of carbonyl (C=O) groups is 3. The van der Waals surface area contributed by atoms with Gasteiger partial charge in [-0.3, -0.25) is 9.59 Å². The third-order valence-corrected chi connectivity index (χ3v) is 9.61. The first-order valence-corrected chi connectivity index (χ1v) is 14.5. The van der Waals surface area contributed by atoms with Gasteiger partial charge in [0, 0.05) is 24.9 Å². The number of morpholine rings is 1. The van der Waals surface area contributed by atoms with Gasteiger partial charge in [0.25, 0.3) is 0 Å². The van der Waals surface area contributed by atoms with Crippen LogP contribution < -0.4 is 5.32 Å². The Labute approximate surface area is 221 Å². The van der Waals surface area contributed by atoms with Crippen molar-refractivity contribution in [3.8, 4) is 0 Å². The number of ether oxygens (including phenoxy) is 2. The van der Waals surface area contributed by atoms with E-state index in [1.165, 1.54) is 37.2 Å². The number of hydrogen-bond acceptors (Lipinski definition) is 9. The van der Waals surface area contributed by atoms with E-state index in [4.69, 9.17) is 9.47 Å². The number of methoxy groups -OCH3 is 1. The Bertz CT molecular complexity index is 1160. The van der Waals surface area contributed by atoms with Crippen LogP contribution in [0.5, 0.6) is 0 Å². The molecule has 0 aliphatic carbocycles. The molecule has 1 aliphatic rings. The van der Waals surface area contributed by atoms with Crippen molar-refractivity contribution in [2.45, 2.75) is 37.5 Å². The van der Waals surface area contributed by atoms with Crippen LogP contribution in [0.1, 0.15) is 25.1 Å². The molecular weight excluding hydrogens is 518 g/mol. The molecule has 1 aromatic carbocycles. The number of esters is 1. The van der Waals surface area contributed by atoms with E-state index in [0.717, 1.165) is 5.56 Å². The summed E-state index contributed by atoms with van der Waals surface area (Å²) in [4.78, 5) is 44.7. The van der Waals surface area contributed by atoms with Gasteiger partial charge in [0.1, 0.15) is 10.8 Å². The summed E-state index contributed by atoms with van der Waals surface area (Å²) < 4.78 is 35.6. The van der Waals surface area contributed by atoms with Gasteiger partial charge in [-0.05, 0) is 25.8 Å². The van der Waals surface area contributed by atoms with Crippen LogP contribution in [0.25, 0.3) is 0 Å². The summed E-state index contributed by atoms with van der Waals surface area (Å²) in [6.45, 7) is 4.05. The minimum atomic E-state index is -4.10. The van der Waals surface area contributed by atoms with Crippen molar-refractivity contribution in [2.75, 3.05) is 39.2 Å². The van der Waals surface area contributed by atoms with Crippen LogP contribution in [0.15, 0.2) is 41.2 Å². The summed E-state index contributed by atoms with van der Waals surface area (Å²) in [5.74, 6) is -3.42. The number of nitrogens with zero attached hydrogens (tertiary/aromatic N) is 2. The zero-order chi connectivity index (χ0) is 27.1. The summed E-state index contributed by atoms with van der Waals surface area (Å²) in [6, 6.07) is 7.96. The van der Waals surface area contributed by atoms with E-state index >= 15 is 0 Å². The van der Waals surface area contributed by atoms with Gasteiger partial charge >= 0.3 is 5.97 Å². The standard InChI is InChI=1S/C25H33N3O7S2/c1-25(2,24(31)28-9-11-35-12-10-28)37(32,33)16-19(13-18-7-5-4-6-8-18)22(29)27-21(23(30)34-3)14-20-15-36-17-26-20/h4-8,15,17,19,21H,9-14,16H2,1-3H3,(H,27,29)/t19-,21?/m1/s1.